The molecule has 0 aromatic heterocycles. The summed E-state index contributed by atoms with van der Waals surface area (Å²) in [5.74, 6) is -0.0549. The molecule has 3 N–H and O–H groups in total. The first-order valence-corrected chi connectivity index (χ1v) is 9.68. The number of hydrogen-bond acceptors (Lipinski definition) is 4. The van der Waals surface area contributed by atoms with Crippen LogP contribution in [0.4, 0.5) is 17.1 Å². The van der Waals surface area contributed by atoms with E-state index in [2.05, 4.69) is 17.6 Å². The number of para-hydroxylation sites is 3. The van der Waals surface area contributed by atoms with Gasteiger partial charge in [-0.3, -0.25) is 4.79 Å². The summed E-state index contributed by atoms with van der Waals surface area (Å²) < 4.78 is 2.04. The number of carbonyl (C=O) groups is 1. The first-order chi connectivity index (χ1) is 12.7. The Morgan fingerprint density at radius 2 is 1.81 bits per heavy atom. The second-order valence-corrected chi connectivity index (χ2v) is 7.38. The van der Waals surface area contributed by atoms with Gasteiger partial charge in [0.05, 0.1) is 16.6 Å². The van der Waals surface area contributed by atoms with Gasteiger partial charge >= 0.3 is 0 Å². The molecule has 2 atom stereocenters. The zero-order valence-electron chi connectivity index (χ0n) is 14.8. The number of rotatable bonds is 7. The van der Waals surface area contributed by atoms with Gasteiger partial charge in [-0.1, -0.05) is 42.1 Å². The van der Waals surface area contributed by atoms with Gasteiger partial charge in [-0.15, -0.1) is 0 Å². The van der Waals surface area contributed by atoms with Crippen LogP contribution in [0.3, 0.4) is 0 Å². The maximum Gasteiger partial charge on any atom is 0.289 e. The lowest BCUT2D eigenvalue weighted by Crippen LogP contribution is -2.34. The highest BCUT2D eigenvalue weighted by Gasteiger charge is 2.34. The average molecular weight is 370 g/mol. The lowest BCUT2D eigenvalue weighted by Gasteiger charge is -2.14. The van der Waals surface area contributed by atoms with Crippen LogP contribution in [-0.2, 0) is 4.79 Å². The van der Waals surface area contributed by atoms with E-state index in [1.54, 1.807) is 11.8 Å². The first-order valence-electron chi connectivity index (χ1n) is 8.73. The summed E-state index contributed by atoms with van der Waals surface area (Å²) in [4.78, 5) is 12.5. The van der Waals surface area contributed by atoms with E-state index in [1.807, 2.05) is 64.7 Å². The van der Waals surface area contributed by atoms with Crippen molar-refractivity contribution in [3.05, 3.63) is 54.6 Å². The predicted molar refractivity (Wildman–Crippen MR) is 109 cm³/mol. The van der Waals surface area contributed by atoms with Crippen molar-refractivity contribution in [2.45, 2.75) is 24.6 Å². The molecule has 0 saturated carbocycles. The molecule has 3 rings (SSSR count). The summed E-state index contributed by atoms with van der Waals surface area (Å²) in [6, 6.07) is 17.8. The van der Waals surface area contributed by atoms with Gasteiger partial charge in [-0.25, -0.2) is 4.58 Å². The van der Waals surface area contributed by atoms with Crippen molar-refractivity contribution in [2.75, 3.05) is 23.8 Å². The van der Waals surface area contributed by atoms with Crippen molar-refractivity contribution in [1.82, 2.24) is 0 Å². The van der Waals surface area contributed by atoms with E-state index in [0.29, 0.717) is 11.8 Å². The minimum atomic E-state index is -0.0549. The summed E-state index contributed by atoms with van der Waals surface area (Å²) in [6.07, 6.45) is 0.740. The Balaban J connectivity index is 1.63. The van der Waals surface area contributed by atoms with Gasteiger partial charge < -0.3 is 15.7 Å². The van der Waals surface area contributed by atoms with Gasteiger partial charge in [0, 0.05) is 12.3 Å². The Labute approximate surface area is 158 Å². The van der Waals surface area contributed by atoms with Crippen LogP contribution >= 0.6 is 11.8 Å². The summed E-state index contributed by atoms with van der Waals surface area (Å²) in [5, 5.41) is 15.8. The van der Waals surface area contributed by atoms with Crippen LogP contribution in [0.15, 0.2) is 54.6 Å². The summed E-state index contributed by atoms with van der Waals surface area (Å²) in [6.45, 7) is 2.57. The Hall–Kier alpha value is -2.31. The summed E-state index contributed by atoms with van der Waals surface area (Å²) >= 11 is 1.68. The van der Waals surface area contributed by atoms with Gasteiger partial charge in [0.15, 0.2) is 11.6 Å². The SMILES string of the molecule is CC1C(CCO)SC=[N+]1CC(=O)Nc1ccccc1Nc1ccccc1. The van der Waals surface area contributed by atoms with E-state index in [4.69, 9.17) is 5.11 Å². The molecule has 26 heavy (non-hydrogen) atoms. The molecule has 6 heteroatoms. The number of nitrogens with zero attached hydrogens (tertiary/aromatic N) is 1. The number of hydrogen-bond donors (Lipinski definition) is 3. The monoisotopic (exact) mass is 370 g/mol. The van der Waals surface area contributed by atoms with E-state index >= 15 is 0 Å². The molecule has 1 heterocycles. The minimum absolute atomic E-state index is 0.0549. The fraction of sp³-hybridized carbons (Fsp3) is 0.300. The second kappa shape index (κ2) is 8.87. The van der Waals surface area contributed by atoms with Crippen LogP contribution in [0.5, 0.6) is 0 Å². The highest BCUT2D eigenvalue weighted by molar-refractivity contribution is 8.12. The van der Waals surface area contributed by atoms with Crippen LogP contribution in [-0.4, -0.2) is 45.6 Å². The predicted octanol–water partition coefficient (Wildman–Crippen LogP) is 3.30. The number of amides is 1. The number of anilines is 3. The Bertz CT molecular complexity index is 780. The largest absolute Gasteiger partial charge is 0.396 e. The van der Waals surface area contributed by atoms with Gasteiger partial charge in [-0.05, 0) is 37.6 Å². The maximum atomic E-state index is 12.5. The minimum Gasteiger partial charge on any atom is -0.396 e. The zero-order chi connectivity index (χ0) is 18.4. The van der Waals surface area contributed by atoms with Gasteiger partial charge in [0.1, 0.15) is 0 Å². The van der Waals surface area contributed by atoms with Crippen molar-refractivity contribution in [2.24, 2.45) is 0 Å². The molecule has 0 radical (unpaired) electrons. The third-order valence-electron chi connectivity index (χ3n) is 4.43. The number of nitrogens with one attached hydrogen (secondary N) is 2. The molecule has 1 amide bonds. The molecule has 0 aliphatic carbocycles. The van der Waals surface area contributed by atoms with Crippen LogP contribution in [0, 0.1) is 0 Å². The summed E-state index contributed by atoms with van der Waals surface area (Å²) in [5.41, 5.74) is 4.59. The molecule has 0 bridgehead atoms. The average Bonchev–Trinajstić information content (AvgIpc) is 2.98. The van der Waals surface area contributed by atoms with Crippen molar-refractivity contribution >= 4 is 40.3 Å². The number of benzene rings is 2. The smallest absolute Gasteiger partial charge is 0.289 e. The normalized spacial score (nSPS) is 19.1. The standard InChI is InChI=1S/C20H23N3O2S/c1-15-19(11-12-24)26-14-23(15)13-20(25)22-18-10-6-5-9-17(18)21-16-7-3-2-4-8-16/h2-10,14-15,19,21,24H,11-13H2,1H3/p+1. The Kier molecular flexibility index (Phi) is 6.30. The quantitative estimate of drug-likeness (QED) is 0.655. The molecule has 2 aromatic rings. The van der Waals surface area contributed by atoms with Crippen molar-refractivity contribution in [3.8, 4) is 0 Å². The van der Waals surface area contributed by atoms with Gasteiger partial charge in [0.2, 0.25) is 6.54 Å². The molecule has 2 unspecified atom stereocenters. The molecular formula is C20H24N3O2S+. The van der Waals surface area contributed by atoms with Crippen LogP contribution < -0.4 is 10.6 Å². The van der Waals surface area contributed by atoms with Crippen molar-refractivity contribution < 1.29 is 14.5 Å². The molecule has 1 aliphatic rings. The number of aliphatic hydroxyl groups excluding tert-OH is 1. The van der Waals surface area contributed by atoms with Gasteiger partial charge in [0.25, 0.3) is 5.91 Å². The fourth-order valence-electron chi connectivity index (χ4n) is 2.93. The topological polar surface area (TPSA) is 64.4 Å². The molecule has 2 aromatic carbocycles. The second-order valence-electron chi connectivity index (χ2n) is 6.29. The number of aliphatic hydroxyl groups is 1. The molecule has 1 aliphatic heterocycles. The lowest BCUT2D eigenvalue weighted by atomic mass is 10.1. The van der Waals surface area contributed by atoms with E-state index < -0.39 is 0 Å². The number of thioether (sulfide) groups is 1. The first kappa shape index (κ1) is 18.5. The maximum absolute atomic E-state index is 12.5. The van der Waals surface area contributed by atoms with Crippen LogP contribution in [0.25, 0.3) is 0 Å². The van der Waals surface area contributed by atoms with E-state index in [1.165, 1.54) is 0 Å². The highest BCUT2D eigenvalue weighted by Crippen LogP contribution is 2.26. The molecular weight excluding hydrogens is 346 g/mol. The van der Waals surface area contributed by atoms with E-state index in [9.17, 15) is 4.79 Å². The highest BCUT2D eigenvalue weighted by atomic mass is 32.2. The zero-order valence-corrected chi connectivity index (χ0v) is 15.6. The summed E-state index contributed by atoms with van der Waals surface area (Å²) in [7, 11) is 0. The third-order valence-corrected chi connectivity index (χ3v) is 5.80. The molecule has 0 fully saturated rings. The third kappa shape index (κ3) is 4.65. The molecule has 0 saturated heterocycles. The molecule has 5 nitrogen and oxygen atoms in total. The van der Waals surface area contributed by atoms with E-state index in [0.717, 1.165) is 23.5 Å². The molecule has 0 spiro atoms. The number of carbonyl (C=O) groups excluding carboxylic acids is 1. The Morgan fingerprint density at radius 3 is 2.54 bits per heavy atom. The van der Waals surface area contributed by atoms with Gasteiger partial charge in [-0.2, -0.15) is 0 Å². The van der Waals surface area contributed by atoms with Crippen molar-refractivity contribution in [1.29, 1.82) is 0 Å². The lowest BCUT2D eigenvalue weighted by molar-refractivity contribution is -0.541. The van der Waals surface area contributed by atoms with Crippen LogP contribution in [0.1, 0.15) is 13.3 Å². The Morgan fingerprint density at radius 1 is 1.12 bits per heavy atom. The molecule has 136 valence electrons. The van der Waals surface area contributed by atoms with Crippen LogP contribution in [0.2, 0.25) is 0 Å². The fourth-order valence-corrected chi connectivity index (χ4v) is 4.14. The van der Waals surface area contributed by atoms with Crippen molar-refractivity contribution in [3.63, 3.8) is 0 Å². The van der Waals surface area contributed by atoms with E-state index in [-0.39, 0.29) is 18.6 Å².